The van der Waals surface area contributed by atoms with Gasteiger partial charge in [0.1, 0.15) is 5.75 Å². The van der Waals surface area contributed by atoms with E-state index in [4.69, 9.17) is 0 Å². The smallest absolute Gasteiger partial charge is 0.122 e. The Balaban J connectivity index is 1.95. The molecule has 0 aliphatic carbocycles. The van der Waals surface area contributed by atoms with Crippen molar-refractivity contribution in [3.63, 3.8) is 0 Å². The van der Waals surface area contributed by atoms with Crippen LogP contribution in [-0.4, -0.2) is 5.11 Å². The second-order valence-corrected chi connectivity index (χ2v) is 6.06. The first-order valence-electron chi connectivity index (χ1n) is 7.78. The molecule has 1 N–H and O–H groups in total. The second kappa shape index (κ2) is 7.38. The minimum absolute atomic E-state index is 0.406. The van der Waals surface area contributed by atoms with Crippen molar-refractivity contribution in [1.29, 1.82) is 0 Å². The van der Waals surface area contributed by atoms with Crippen molar-refractivity contribution < 1.29 is 5.11 Å². The van der Waals surface area contributed by atoms with E-state index in [1.165, 1.54) is 11.1 Å². The fourth-order valence-electron chi connectivity index (χ4n) is 2.82. The van der Waals surface area contributed by atoms with Gasteiger partial charge < -0.3 is 5.11 Å². The molecule has 0 spiro atoms. The molecule has 1 nitrogen and oxygen atoms in total. The summed E-state index contributed by atoms with van der Waals surface area (Å²) < 4.78 is 0. The lowest BCUT2D eigenvalue weighted by Gasteiger charge is -2.13. The average Bonchev–Trinajstić information content (AvgIpc) is 2.60. The summed E-state index contributed by atoms with van der Waals surface area (Å²) in [7, 11) is 0. The summed E-state index contributed by atoms with van der Waals surface area (Å²) in [5, 5.41) is 10.7. The third-order valence-electron chi connectivity index (χ3n) is 3.98. The van der Waals surface area contributed by atoms with E-state index >= 15 is 0 Å². The molecule has 3 rings (SSSR count). The van der Waals surface area contributed by atoms with Crippen LogP contribution in [-0.2, 0) is 18.6 Å². The Morgan fingerprint density at radius 1 is 0.652 bits per heavy atom. The normalized spacial score (nSPS) is 10.7. The van der Waals surface area contributed by atoms with E-state index in [1.807, 2.05) is 36.4 Å². The zero-order valence-corrected chi connectivity index (χ0v) is 13.8. The summed E-state index contributed by atoms with van der Waals surface area (Å²) in [6.45, 7) is 0. The Morgan fingerprint density at radius 3 is 1.48 bits per heavy atom. The fourth-order valence-corrected chi connectivity index (χ4v) is 3.01. The van der Waals surface area contributed by atoms with Crippen LogP contribution in [0.5, 0.6) is 5.75 Å². The summed E-state index contributed by atoms with van der Waals surface area (Å²) in [5.74, 6) is 1.08. The number of rotatable bonds is 5. The van der Waals surface area contributed by atoms with Crippen LogP contribution in [0.1, 0.15) is 27.8 Å². The maximum absolute atomic E-state index is 10.7. The maximum Gasteiger partial charge on any atom is 0.122 e. The number of hydrogen-bond acceptors (Lipinski definition) is 2. The predicted octanol–water partition coefficient (Wildman–Crippen LogP) is 5.00. The van der Waals surface area contributed by atoms with E-state index in [1.54, 1.807) is 0 Å². The van der Waals surface area contributed by atoms with Gasteiger partial charge in [-0.25, -0.2) is 0 Å². The van der Waals surface area contributed by atoms with E-state index in [9.17, 15) is 5.11 Å². The molecule has 0 saturated heterocycles. The Bertz CT molecular complexity index is 704. The fraction of sp³-hybridized carbons (Fsp3) is 0.143. The summed E-state index contributed by atoms with van der Waals surface area (Å²) in [6.07, 6.45) is 1.46. The molecule has 0 unspecified atom stereocenters. The van der Waals surface area contributed by atoms with E-state index in [0.717, 1.165) is 29.5 Å². The number of benzene rings is 3. The van der Waals surface area contributed by atoms with Gasteiger partial charge in [-0.15, -0.1) is 0 Å². The van der Waals surface area contributed by atoms with Gasteiger partial charge in [0.25, 0.3) is 0 Å². The Morgan fingerprint density at radius 2 is 1.09 bits per heavy atom. The molecule has 23 heavy (non-hydrogen) atoms. The summed E-state index contributed by atoms with van der Waals surface area (Å²) in [4.78, 5) is 0. The molecule has 116 valence electrons. The van der Waals surface area contributed by atoms with Crippen molar-refractivity contribution in [2.24, 2.45) is 0 Å². The highest BCUT2D eigenvalue weighted by atomic mass is 32.1. The summed E-state index contributed by atoms with van der Waals surface area (Å²) >= 11 is 4.41. The lowest BCUT2D eigenvalue weighted by atomic mass is 9.95. The minimum Gasteiger partial charge on any atom is -0.507 e. The topological polar surface area (TPSA) is 20.2 Å². The number of aromatic hydroxyl groups is 1. The molecule has 2 heteroatoms. The molecule has 3 aromatic carbocycles. The highest BCUT2D eigenvalue weighted by molar-refractivity contribution is 7.79. The average molecular weight is 320 g/mol. The van der Waals surface area contributed by atoms with Gasteiger partial charge in [0.05, 0.1) is 0 Å². The van der Waals surface area contributed by atoms with Crippen molar-refractivity contribution >= 4 is 12.6 Å². The van der Waals surface area contributed by atoms with Crippen LogP contribution in [0.25, 0.3) is 0 Å². The Labute approximate surface area is 143 Å². The summed E-state index contributed by atoms with van der Waals surface area (Å²) in [5.41, 5.74) is 5.47. The van der Waals surface area contributed by atoms with Crippen LogP contribution in [0.2, 0.25) is 0 Å². The first-order chi connectivity index (χ1) is 11.3. The van der Waals surface area contributed by atoms with Crippen molar-refractivity contribution in [3.8, 4) is 5.75 Å². The largest absolute Gasteiger partial charge is 0.507 e. The van der Waals surface area contributed by atoms with Crippen molar-refractivity contribution in [3.05, 3.63) is 101 Å². The van der Waals surface area contributed by atoms with Gasteiger partial charge in [-0.05, 0) is 27.8 Å². The van der Waals surface area contributed by atoms with E-state index in [0.29, 0.717) is 11.5 Å². The zero-order valence-electron chi connectivity index (χ0n) is 12.9. The Kier molecular flexibility index (Phi) is 5.04. The molecule has 0 atom stereocenters. The minimum atomic E-state index is 0.406. The third kappa shape index (κ3) is 3.96. The van der Waals surface area contributed by atoms with Gasteiger partial charge in [0.15, 0.2) is 0 Å². The molecule has 0 aliphatic rings. The molecule has 0 fully saturated rings. The molecule has 0 saturated carbocycles. The first-order valence-corrected chi connectivity index (χ1v) is 8.42. The van der Waals surface area contributed by atoms with E-state index < -0.39 is 0 Å². The third-order valence-corrected chi connectivity index (χ3v) is 4.35. The lowest BCUT2D eigenvalue weighted by molar-refractivity contribution is 0.463. The highest BCUT2D eigenvalue weighted by Gasteiger charge is 2.11. The van der Waals surface area contributed by atoms with Gasteiger partial charge in [-0.1, -0.05) is 72.8 Å². The first kappa shape index (κ1) is 15.7. The molecule has 0 radical (unpaired) electrons. The molecule has 0 aliphatic heterocycles. The van der Waals surface area contributed by atoms with Crippen LogP contribution in [0, 0.1) is 0 Å². The van der Waals surface area contributed by atoms with E-state index in [-0.39, 0.29) is 0 Å². The lowest BCUT2D eigenvalue weighted by Crippen LogP contribution is -1.97. The molecule has 0 bridgehead atoms. The zero-order chi connectivity index (χ0) is 16.1. The highest BCUT2D eigenvalue weighted by Crippen LogP contribution is 2.29. The predicted molar refractivity (Wildman–Crippen MR) is 99.3 cm³/mol. The van der Waals surface area contributed by atoms with Gasteiger partial charge >= 0.3 is 0 Å². The monoisotopic (exact) mass is 320 g/mol. The second-order valence-electron chi connectivity index (χ2n) is 5.75. The number of phenols is 1. The number of phenolic OH excluding ortho intramolecular Hbond substituents is 1. The molecular weight excluding hydrogens is 300 g/mol. The summed E-state index contributed by atoms with van der Waals surface area (Å²) in [6, 6.07) is 24.6. The van der Waals surface area contributed by atoms with Gasteiger partial charge in [-0.2, -0.15) is 12.6 Å². The van der Waals surface area contributed by atoms with Crippen LogP contribution >= 0.6 is 12.6 Å². The molecule has 0 aromatic heterocycles. The van der Waals surface area contributed by atoms with E-state index in [2.05, 4.69) is 49.0 Å². The van der Waals surface area contributed by atoms with Crippen molar-refractivity contribution in [2.75, 3.05) is 0 Å². The molecular formula is C21H20OS. The molecule has 3 aromatic rings. The molecule has 0 heterocycles. The van der Waals surface area contributed by atoms with Gasteiger partial charge in [0, 0.05) is 18.6 Å². The van der Waals surface area contributed by atoms with Crippen molar-refractivity contribution in [2.45, 2.75) is 18.6 Å². The quantitative estimate of drug-likeness (QED) is 0.634. The van der Waals surface area contributed by atoms with Crippen LogP contribution in [0.4, 0.5) is 0 Å². The van der Waals surface area contributed by atoms with Crippen LogP contribution in [0.15, 0.2) is 72.8 Å². The number of hydrogen-bond donors (Lipinski definition) is 2. The van der Waals surface area contributed by atoms with Crippen LogP contribution < -0.4 is 0 Å². The maximum atomic E-state index is 10.7. The van der Waals surface area contributed by atoms with Gasteiger partial charge in [0.2, 0.25) is 0 Å². The van der Waals surface area contributed by atoms with Crippen molar-refractivity contribution in [1.82, 2.24) is 0 Å². The SMILES string of the molecule is Oc1c(Cc2ccccc2)cc(CS)cc1Cc1ccccc1. The Hall–Kier alpha value is -2.19. The molecule has 0 amide bonds. The van der Waals surface area contributed by atoms with Crippen LogP contribution in [0.3, 0.4) is 0 Å². The standard InChI is InChI=1S/C21H20OS/c22-21-19(11-16-7-3-1-4-8-16)13-18(15-23)14-20(21)12-17-9-5-2-6-10-17/h1-10,13-14,22-23H,11-12,15H2. The number of thiol groups is 1. The van der Waals surface area contributed by atoms with Gasteiger partial charge in [-0.3, -0.25) is 0 Å².